The van der Waals surface area contributed by atoms with Gasteiger partial charge in [0, 0.05) is 6.54 Å². The summed E-state index contributed by atoms with van der Waals surface area (Å²) in [5, 5.41) is 12.5. The van der Waals surface area contributed by atoms with Gasteiger partial charge in [-0.1, -0.05) is 36.4 Å². The van der Waals surface area contributed by atoms with Crippen molar-refractivity contribution in [2.75, 3.05) is 20.6 Å². The largest absolute Gasteiger partial charge is 0.388 e. The summed E-state index contributed by atoms with van der Waals surface area (Å²) in [4.78, 5) is 2.09. The van der Waals surface area contributed by atoms with Gasteiger partial charge in [-0.2, -0.15) is 0 Å². The fraction of sp³-hybridized carbons (Fsp3) is 0.333. The molecule has 0 aliphatic heterocycles. The highest BCUT2D eigenvalue weighted by Gasteiger charge is 2.08. The highest BCUT2D eigenvalue weighted by molar-refractivity contribution is 5.83. The van der Waals surface area contributed by atoms with Crippen LogP contribution in [0.1, 0.15) is 18.1 Å². The number of rotatable bonds is 4. The van der Waals surface area contributed by atoms with Gasteiger partial charge >= 0.3 is 0 Å². The Bertz CT molecular complexity index is 493. The maximum absolute atomic E-state index is 10.1. The van der Waals surface area contributed by atoms with E-state index in [9.17, 15) is 5.11 Å². The Morgan fingerprint density at radius 2 is 1.76 bits per heavy atom. The molecule has 0 aromatic heterocycles. The Morgan fingerprint density at radius 3 is 2.47 bits per heavy atom. The predicted octanol–water partition coefficient (Wildman–Crippen LogP) is 2.82. The average Bonchev–Trinajstić information content (AvgIpc) is 2.35. The maximum atomic E-state index is 10.1. The lowest BCUT2D eigenvalue weighted by atomic mass is 10.0. The number of hydrogen-bond donors (Lipinski definition) is 1. The van der Waals surface area contributed by atoms with Crippen LogP contribution in [-0.4, -0.2) is 30.6 Å². The summed E-state index contributed by atoms with van der Waals surface area (Å²) in [5.74, 6) is 0. The summed E-state index contributed by atoms with van der Waals surface area (Å²) < 4.78 is 0. The standard InChI is InChI=1S/C15H19NO/c1-16(2)10-9-15(17)14-8-7-12-5-3-4-6-13(12)11-14/h3-8,11,15,17H,9-10H2,1-2H3/t15-/m1/s1. The molecule has 1 atom stereocenters. The van der Waals surface area contributed by atoms with Crippen molar-refractivity contribution in [3.8, 4) is 0 Å². The van der Waals surface area contributed by atoms with Gasteiger partial charge in [-0.05, 0) is 42.9 Å². The fourth-order valence-corrected chi connectivity index (χ4v) is 1.96. The van der Waals surface area contributed by atoms with Crippen molar-refractivity contribution in [3.05, 3.63) is 48.0 Å². The number of hydrogen-bond acceptors (Lipinski definition) is 2. The molecule has 0 aliphatic carbocycles. The Labute approximate surface area is 102 Å². The molecule has 0 unspecified atom stereocenters. The van der Waals surface area contributed by atoms with E-state index in [4.69, 9.17) is 0 Å². The van der Waals surface area contributed by atoms with E-state index < -0.39 is 0 Å². The molecule has 17 heavy (non-hydrogen) atoms. The molecule has 0 saturated carbocycles. The van der Waals surface area contributed by atoms with Crippen LogP contribution in [0.5, 0.6) is 0 Å². The molecular weight excluding hydrogens is 210 g/mol. The summed E-state index contributed by atoms with van der Waals surface area (Å²) in [6, 6.07) is 14.4. The minimum Gasteiger partial charge on any atom is -0.388 e. The lowest BCUT2D eigenvalue weighted by Crippen LogP contribution is -2.15. The molecule has 90 valence electrons. The van der Waals surface area contributed by atoms with E-state index >= 15 is 0 Å². The molecule has 1 N–H and O–H groups in total. The molecule has 0 spiro atoms. The molecule has 0 amide bonds. The second kappa shape index (κ2) is 5.30. The van der Waals surface area contributed by atoms with Crippen molar-refractivity contribution >= 4 is 10.8 Å². The lowest BCUT2D eigenvalue weighted by Gasteiger charge is -2.15. The molecule has 2 aromatic rings. The van der Waals surface area contributed by atoms with Crippen LogP contribution < -0.4 is 0 Å². The molecule has 2 heteroatoms. The third-order valence-electron chi connectivity index (χ3n) is 3.01. The molecule has 0 aliphatic rings. The van der Waals surface area contributed by atoms with Crippen molar-refractivity contribution in [1.29, 1.82) is 0 Å². The van der Waals surface area contributed by atoms with Crippen molar-refractivity contribution < 1.29 is 5.11 Å². The average molecular weight is 229 g/mol. The summed E-state index contributed by atoms with van der Waals surface area (Å²) >= 11 is 0. The van der Waals surface area contributed by atoms with Crippen LogP contribution in [0.3, 0.4) is 0 Å². The van der Waals surface area contributed by atoms with Crippen molar-refractivity contribution in [1.82, 2.24) is 4.90 Å². The zero-order valence-corrected chi connectivity index (χ0v) is 10.4. The van der Waals surface area contributed by atoms with Crippen molar-refractivity contribution in [2.45, 2.75) is 12.5 Å². The first kappa shape index (κ1) is 12.1. The van der Waals surface area contributed by atoms with Crippen molar-refractivity contribution in [2.24, 2.45) is 0 Å². The van der Waals surface area contributed by atoms with Gasteiger partial charge in [0.25, 0.3) is 0 Å². The topological polar surface area (TPSA) is 23.5 Å². The van der Waals surface area contributed by atoms with Crippen LogP contribution in [0.15, 0.2) is 42.5 Å². The normalized spacial score (nSPS) is 13.2. The number of aliphatic hydroxyl groups is 1. The van der Waals surface area contributed by atoms with Crippen LogP contribution in [0.25, 0.3) is 10.8 Å². The quantitative estimate of drug-likeness (QED) is 0.871. The van der Waals surface area contributed by atoms with Gasteiger partial charge in [0.05, 0.1) is 6.10 Å². The smallest absolute Gasteiger partial charge is 0.0802 e. The van der Waals surface area contributed by atoms with Crippen LogP contribution in [0.4, 0.5) is 0 Å². The molecule has 2 rings (SSSR count). The second-order valence-electron chi connectivity index (χ2n) is 4.71. The molecular formula is C15H19NO. The first-order valence-corrected chi connectivity index (χ1v) is 5.98. The van der Waals surface area contributed by atoms with Crippen molar-refractivity contribution in [3.63, 3.8) is 0 Å². The van der Waals surface area contributed by atoms with Gasteiger partial charge in [0.15, 0.2) is 0 Å². The predicted molar refractivity (Wildman–Crippen MR) is 72.1 cm³/mol. The van der Waals surface area contributed by atoms with Gasteiger partial charge in [-0.25, -0.2) is 0 Å². The molecule has 0 heterocycles. The molecule has 2 nitrogen and oxygen atoms in total. The third-order valence-corrected chi connectivity index (χ3v) is 3.01. The molecule has 0 radical (unpaired) electrons. The van der Waals surface area contributed by atoms with Gasteiger partial charge in [-0.15, -0.1) is 0 Å². The summed E-state index contributed by atoms with van der Waals surface area (Å²) in [6.45, 7) is 0.897. The van der Waals surface area contributed by atoms with Gasteiger partial charge in [-0.3, -0.25) is 0 Å². The van der Waals surface area contributed by atoms with Crippen LogP contribution in [-0.2, 0) is 0 Å². The molecule has 0 fully saturated rings. The monoisotopic (exact) mass is 229 g/mol. The van der Waals surface area contributed by atoms with E-state index in [1.807, 2.05) is 32.3 Å². The van der Waals surface area contributed by atoms with E-state index in [0.717, 1.165) is 18.5 Å². The van der Waals surface area contributed by atoms with Crippen LogP contribution in [0, 0.1) is 0 Å². The Kier molecular flexibility index (Phi) is 3.77. The third kappa shape index (κ3) is 3.05. The van der Waals surface area contributed by atoms with Gasteiger partial charge in [0.2, 0.25) is 0 Å². The fourth-order valence-electron chi connectivity index (χ4n) is 1.96. The number of benzene rings is 2. The second-order valence-corrected chi connectivity index (χ2v) is 4.71. The van der Waals surface area contributed by atoms with E-state index in [1.165, 1.54) is 10.8 Å². The Hall–Kier alpha value is -1.38. The SMILES string of the molecule is CN(C)CC[C@@H](O)c1ccc2ccccc2c1. The van der Waals surface area contributed by atoms with E-state index in [2.05, 4.69) is 29.2 Å². The lowest BCUT2D eigenvalue weighted by molar-refractivity contribution is 0.154. The highest BCUT2D eigenvalue weighted by Crippen LogP contribution is 2.22. The number of nitrogens with zero attached hydrogens (tertiary/aromatic N) is 1. The zero-order valence-electron chi connectivity index (χ0n) is 10.4. The van der Waals surface area contributed by atoms with Crippen LogP contribution >= 0.6 is 0 Å². The first-order valence-electron chi connectivity index (χ1n) is 5.98. The van der Waals surface area contributed by atoms with Gasteiger partial charge in [0.1, 0.15) is 0 Å². The summed E-state index contributed by atoms with van der Waals surface area (Å²) in [5.41, 5.74) is 1.01. The first-order chi connectivity index (χ1) is 8.16. The summed E-state index contributed by atoms with van der Waals surface area (Å²) in [7, 11) is 4.04. The van der Waals surface area contributed by atoms with E-state index in [-0.39, 0.29) is 6.10 Å². The van der Waals surface area contributed by atoms with Gasteiger partial charge < -0.3 is 10.0 Å². The number of fused-ring (bicyclic) bond motifs is 1. The molecule has 0 saturated heterocycles. The highest BCUT2D eigenvalue weighted by atomic mass is 16.3. The number of aliphatic hydroxyl groups excluding tert-OH is 1. The Morgan fingerprint density at radius 1 is 1.06 bits per heavy atom. The maximum Gasteiger partial charge on any atom is 0.0802 e. The summed E-state index contributed by atoms with van der Waals surface area (Å²) in [6.07, 6.45) is 0.396. The zero-order chi connectivity index (χ0) is 12.3. The Balaban J connectivity index is 2.18. The van der Waals surface area contributed by atoms with Crippen LogP contribution in [0.2, 0.25) is 0 Å². The molecule has 2 aromatic carbocycles. The molecule has 0 bridgehead atoms. The minimum absolute atomic E-state index is 0.373. The minimum atomic E-state index is -0.373. The van der Waals surface area contributed by atoms with E-state index in [0.29, 0.717) is 0 Å². The van der Waals surface area contributed by atoms with E-state index in [1.54, 1.807) is 0 Å².